The maximum atomic E-state index is 12.0. The Morgan fingerprint density at radius 1 is 1.44 bits per heavy atom. The van der Waals surface area contributed by atoms with Crippen LogP contribution >= 0.6 is 0 Å². The SMILES string of the molecule is COc1ccccc1CC(C)N(C)C(=O)C1CC1. The summed E-state index contributed by atoms with van der Waals surface area (Å²) in [6.45, 7) is 2.09. The third-order valence-electron chi connectivity index (χ3n) is 3.64. The van der Waals surface area contributed by atoms with E-state index in [4.69, 9.17) is 4.74 Å². The second kappa shape index (κ2) is 5.42. The van der Waals surface area contributed by atoms with Crippen molar-refractivity contribution < 1.29 is 9.53 Å². The van der Waals surface area contributed by atoms with E-state index in [1.807, 2.05) is 30.1 Å². The number of para-hydroxylation sites is 1. The van der Waals surface area contributed by atoms with E-state index in [-0.39, 0.29) is 17.9 Å². The molecule has 0 N–H and O–H groups in total. The Morgan fingerprint density at radius 2 is 2.11 bits per heavy atom. The van der Waals surface area contributed by atoms with Crippen LogP contribution in [0.4, 0.5) is 0 Å². The molecule has 0 radical (unpaired) electrons. The van der Waals surface area contributed by atoms with Crippen LogP contribution < -0.4 is 4.74 Å². The van der Waals surface area contributed by atoms with Crippen LogP contribution in [0.2, 0.25) is 0 Å². The van der Waals surface area contributed by atoms with Gasteiger partial charge in [0.05, 0.1) is 7.11 Å². The summed E-state index contributed by atoms with van der Waals surface area (Å²) in [6.07, 6.45) is 2.95. The average Bonchev–Trinajstić information content (AvgIpc) is 3.22. The summed E-state index contributed by atoms with van der Waals surface area (Å²) in [5.41, 5.74) is 1.16. The summed E-state index contributed by atoms with van der Waals surface area (Å²) in [4.78, 5) is 13.9. The largest absolute Gasteiger partial charge is 0.496 e. The van der Waals surface area contributed by atoms with Crippen LogP contribution in [0.15, 0.2) is 24.3 Å². The molecule has 3 heteroatoms. The highest BCUT2D eigenvalue weighted by Gasteiger charge is 2.33. The zero-order valence-corrected chi connectivity index (χ0v) is 11.3. The molecule has 1 aliphatic rings. The molecule has 1 aliphatic carbocycles. The van der Waals surface area contributed by atoms with Gasteiger partial charge in [0.25, 0.3) is 0 Å². The fourth-order valence-electron chi connectivity index (χ4n) is 2.16. The molecule has 1 amide bonds. The minimum Gasteiger partial charge on any atom is -0.496 e. The van der Waals surface area contributed by atoms with Gasteiger partial charge in [-0.25, -0.2) is 0 Å². The maximum absolute atomic E-state index is 12.0. The summed E-state index contributed by atoms with van der Waals surface area (Å²) < 4.78 is 5.34. The average molecular weight is 247 g/mol. The summed E-state index contributed by atoms with van der Waals surface area (Å²) in [7, 11) is 3.59. The summed E-state index contributed by atoms with van der Waals surface area (Å²) in [5, 5.41) is 0. The van der Waals surface area contributed by atoms with Crippen molar-refractivity contribution in [1.29, 1.82) is 0 Å². The lowest BCUT2D eigenvalue weighted by Gasteiger charge is -2.25. The number of ether oxygens (including phenoxy) is 1. The van der Waals surface area contributed by atoms with E-state index < -0.39 is 0 Å². The molecular weight excluding hydrogens is 226 g/mol. The smallest absolute Gasteiger partial charge is 0.225 e. The van der Waals surface area contributed by atoms with Gasteiger partial charge in [-0.2, -0.15) is 0 Å². The molecule has 0 aliphatic heterocycles. The molecule has 0 bridgehead atoms. The van der Waals surface area contributed by atoms with E-state index in [2.05, 4.69) is 13.0 Å². The minimum atomic E-state index is 0.203. The second-order valence-electron chi connectivity index (χ2n) is 5.09. The standard InChI is InChI=1S/C15H21NO2/c1-11(16(2)15(17)12-8-9-12)10-13-6-4-5-7-14(13)18-3/h4-7,11-12H,8-10H2,1-3H3. The Bertz CT molecular complexity index is 426. The molecule has 2 rings (SSSR count). The number of benzene rings is 1. The molecule has 1 aromatic rings. The van der Waals surface area contributed by atoms with Crippen molar-refractivity contribution in [2.24, 2.45) is 5.92 Å². The molecule has 1 aromatic carbocycles. The number of nitrogens with zero attached hydrogens (tertiary/aromatic N) is 1. The number of hydrogen-bond acceptors (Lipinski definition) is 2. The molecule has 98 valence electrons. The van der Waals surface area contributed by atoms with Crippen LogP contribution in [0.1, 0.15) is 25.3 Å². The number of rotatable bonds is 5. The van der Waals surface area contributed by atoms with Crippen molar-refractivity contribution in [3.05, 3.63) is 29.8 Å². The Kier molecular flexibility index (Phi) is 3.90. The van der Waals surface area contributed by atoms with E-state index >= 15 is 0 Å². The molecule has 0 saturated heterocycles. The minimum absolute atomic E-state index is 0.203. The third kappa shape index (κ3) is 2.84. The molecule has 1 fully saturated rings. The first-order chi connectivity index (χ1) is 8.63. The van der Waals surface area contributed by atoms with Gasteiger partial charge in [0.1, 0.15) is 5.75 Å². The van der Waals surface area contributed by atoms with Gasteiger partial charge in [-0.05, 0) is 37.8 Å². The fraction of sp³-hybridized carbons (Fsp3) is 0.533. The highest BCUT2D eigenvalue weighted by Crippen LogP contribution is 2.31. The molecule has 1 atom stereocenters. The predicted molar refractivity (Wildman–Crippen MR) is 71.7 cm³/mol. The number of hydrogen-bond donors (Lipinski definition) is 0. The number of carbonyl (C=O) groups excluding carboxylic acids is 1. The first-order valence-electron chi connectivity index (χ1n) is 6.52. The van der Waals surface area contributed by atoms with Gasteiger partial charge in [0.15, 0.2) is 0 Å². The second-order valence-corrected chi connectivity index (χ2v) is 5.09. The van der Waals surface area contributed by atoms with Gasteiger partial charge in [0, 0.05) is 19.0 Å². The van der Waals surface area contributed by atoms with Gasteiger partial charge in [0.2, 0.25) is 5.91 Å². The summed E-state index contributed by atoms with van der Waals surface area (Å²) in [5.74, 6) is 1.48. The Hall–Kier alpha value is -1.51. The highest BCUT2D eigenvalue weighted by molar-refractivity contribution is 5.81. The zero-order valence-electron chi connectivity index (χ0n) is 11.3. The lowest BCUT2D eigenvalue weighted by molar-refractivity contribution is -0.133. The Balaban J connectivity index is 2.01. The first-order valence-corrected chi connectivity index (χ1v) is 6.52. The monoisotopic (exact) mass is 247 g/mol. The van der Waals surface area contributed by atoms with Crippen LogP contribution in [-0.4, -0.2) is 31.0 Å². The fourth-order valence-corrected chi connectivity index (χ4v) is 2.16. The third-order valence-corrected chi connectivity index (χ3v) is 3.64. The van der Waals surface area contributed by atoms with Gasteiger partial charge in [-0.3, -0.25) is 4.79 Å². The van der Waals surface area contributed by atoms with Crippen molar-refractivity contribution >= 4 is 5.91 Å². The van der Waals surface area contributed by atoms with Crippen LogP contribution in [-0.2, 0) is 11.2 Å². The topological polar surface area (TPSA) is 29.5 Å². The number of amides is 1. The molecule has 0 heterocycles. The van der Waals surface area contributed by atoms with Crippen molar-refractivity contribution in [3.8, 4) is 5.75 Å². The molecule has 1 unspecified atom stereocenters. The van der Waals surface area contributed by atoms with Crippen LogP contribution in [0.3, 0.4) is 0 Å². The van der Waals surface area contributed by atoms with Gasteiger partial charge < -0.3 is 9.64 Å². The Labute approximate surface area is 109 Å². The summed E-state index contributed by atoms with van der Waals surface area (Å²) >= 11 is 0. The first kappa shape index (κ1) is 12.9. The molecule has 18 heavy (non-hydrogen) atoms. The summed E-state index contributed by atoms with van der Waals surface area (Å²) in [6, 6.07) is 8.20. The van der Waals surface area contributed by atoms with Crippen molar-refractivity contribution in [3.63, 3.8) is 0 Å². The van der Waals surface area contributed by atoms with Crippen LogP contribution in [0.25, 0.3) is 0 Å². The van der Waals surface area contributed by atoms with E-state index in [9.17, 15) is 4.79 Å². The van der Waals surface area contributed by atoms with E-state index in [0.29, 0.717) is 0 Å². The van der Waals surface area contributed by atoms with Gasteiger partial charge in [-0.1, -0.05) is 18.2 Å². The number of carbonyl (C=O) groups is 1. The molecule has 1 saturated carbocycles. The molecule has 0 spiro atoms. The van der Waals surface area contributed by atoms with E-state index in [0.717, 1.165) is 30.6 Å². The molecule has 0 aromatic heterocycles. The Morgan fingerprint density at radius 3 is 2.72 bits per heavy atom. The van der Waals surface area contributed by atoms with Gasteiger partial charge in [-0.15, -0.1) is 0 Å². The number of methoxy groups -OCH3 is 1. The van der Waals surface area contributed by atoms with E-state index in [1.54, 1.807) is 7.11 Å². The number of likely N-dealkylation sites (N-methyl/N-ethyl adjacent to an activating group) is 1. The highest BCUT2D eigenvalue weighted by atomic mass is 16.5. The molecular formula is C15H21NO2. The zero-order chi connectivity index (χ0) is 13.1. The van der Waals surface area contributed by atoms with Crippen LogP contribution in [0.5, 0.6) is 5.75 Å². The maximum Gasteiger partial charge on any atom is 0.225 e. The quantitative estimate of drug-likeness (QED) is 0.800. The predicted octanol–water partition coefficient (Wildman–Crippen LogP) is 2.49. The van der Waals surface area contributed by atoms with Gasteiger partial charge >= 0.3 is 0 Å². The van der Waals surface area contributed by atoms with Crippen molar-refractivity contribution in [2.75, 3.05) is 14.2 Å². The van der Waals surface area contributed by atoms with E-state index in [1.165, 1.54) is 0 Å². The normalized spacial score (nSPS) is 16.2. The lowest BCUT2D eigenvalue weighted by Crippen LogP contribution is -2.37. The van der Waals surface area contributed by atoms with Crippen LogP contribution in [0, 0.1) is 5.92 Å². The molecule has 3 nitrogen and oxygen atoms in total. The lowest BCUT2D eigenvalue weighted by atomic mass is 10.0. The van der Waals surface area contributed by atoms with Crippen molar-refractivity contribution in [1.82, 2.24) is 4.90 Å². The van der Waals surface area contributed by atoms with Crippen molar-refractivity contribution in [2.45, 2.75) is 32.2 Å².